The Morgan fingerprint density at radius 1 is 0.328 bits per heavy atom. The third kappa shape index (κ3) is 4.80. The molecule has 0 atom stereocenters. The number of hydrogen-bond donors (Lipinski definition) is 0. The van der Waals surface area contributed by atoms with Gasteiger partial charge in [-0.3, -0.25) is 0 Å². The highest BCUT2D eigenvalue weighted by Gasteiger charge is 2.50. The molecule has 1 spiro atoms. The average molecular weight is 739 g/mol. The molecule has 3 nitrogen and oxygen atoms in total. The SMILES string of the molecule is c1ccc(-c2cc(-c3ccc4c(ccc5ccccc54)c3)nc(-c3ccccc3-c3ccc4c(c3)Oc3ccccc3C43c4ccccc4-c4ccccc43)n2)cc1. The van der Waals surface area contributed by atoms with Crippen molar-refractivity contribution in [2.75, 3.05) is 0 Å². The molecule has 0 amide bonds. The lowest BCUT2D eigenvalue weighted by atomic mass is 9.66. The summed E-state index contributed by atoms with van der Waals surface area (Å²) in [5, 5.41) is 4.89. The molecular formula is C55H34N2O. The molecule has 12 rings (SSSR count). The van der Waals surface area contributed by atoms with Gasteiger partial charge in [0, 0.05) is 27.8 Å². The van der Waals surface area contributed by atoms with Crippen LogP contribution < -0.4 is 4.74 Å². The molecule has 9 aromatic carbocycles. The number of nitrogens with zero attached hydrogens (tertiary/aromatic N) is 2. The summed E-state index contributed by atoms with van der Waals surface area (Å²) < 4.78 is 6.89. The van der Waals surface area contributed by atoms with Gasteiger partial charge < -0.3 is 4.74 Å². The Morgan fingerprint density at radius 3 is 1.69 bits per heavy atom. The van der Waals surface area contributed by atoms with E-state index < -0.39 is 5.41 Å². The van der Waals surface area contributed by atoms with Crippen molar-refractivity contribution in [3.8, 4) is 67.7 Å². The molecule has 0 unspecified atom stereocenters. The zero-order valence-electron chi connectivity index (χ0n) is 31.4. The highest BCUT2D eigenvalue weighted by molar-refractivity contribution is 6.08. The van der Waals surface area contributed by atoms with Crippen molar-refractivity contribution in [1.82, 2.24) is 9.97 Å². The molecule has 0 bridgehead atoms. The number of aromatic nitrogens is 2. The Bertz CT molecular complexity index is 3230. The van der Waals surface area contributed by atoms with E-state index in [0.717, 1.165) is 61.8 Å². The van der Waals surface area contributed by atoms with E-state index in [0.29, 0.717) is 5.82 Å². The summed E-state index contributed by atoms with van der Waals surface area (Å²) in [7, 11) is 0. The van der Waals surface area contributed by atoms with Gasteiger partial charge in [-0.1, -0.05) is 182 Å². The number of hydrogen-bond acceptors (Lipinski definition) is 3. The van der Waals surface area contributed by atoms with Crippen molar-refractivity contribution in [2.24, 2.45) is 0 Å². The van der Waals surface area contributed by atoms with E-state index >= 15 is 0 Å². The molecule has 1 aliphatic carbocycles. The first-order valence-corrected chi connectivity index (χ1v) is 19.8. The minimum atomic E-state index is -0.510. The molecule has 0 fully saturated rings. The van der Waals surface area contributed by atoms with Crippen molar-refractivity contribution in [2.45, 2.75) is 5.41 Å². The van der Waals surface area contributed by atoms with Gasteiger partial charge in [0.05, 0.1) is 16.8 Å². The monoisotopic (exact) mass is 738 g/mol. The fourth-order valence-electron chi connectivity index (χ4n) is 9.60. The summed E-state index contributed by atoms with van der Waals surface area (Å²) in [4.78, 5) is 10.6. The summed E-state index contributed by atoms with van der Waals surface area (Å²) in [6.45, 7) is 0. The second-order valence-corrected chi connectivity index (χ2v) is 15.2. The minimum Gasteiger partial charge on any atom is -0.457 e. The van der Waals surface area contributed by atoms with E-state index in [1.165, 1.54) is 43.8 Å². The maximum absolute atomic E-state index is 6.89. The lowest BCUT2D eigenvalue weighted by Gasteiger charge is -2.39. The number of ether oxygens (including phenoxy) is 1. The summed E-state index contributed by atoms with van der Waals surface area (Å²) in [6, 6.07) is 73.6. The first-order chi connectivity index (χ1) is 28.7. The quantitative estimate of drug-likeness (QED) is 0.169. The van der Waals surface area contributed by atoms with Crippen LogP contribution >= 0.6 is 0 Å². The van der Waals surface area contributed by atoms with Crippen LogP contribution in [0, 0.1) is 0 Å². The third-order valence-electron chi connectivity index (χ3n) is 12.2. The van der Waals surface area contributed by atoms with Crippen LogP contribution in [0.15, 0.2) is 206 Å². The molecule has 1 aliphatic heterocycles. The second-order valence-electron chi connectivity index (χ2n) is 15.2. The summed E-state index contributed by atoms with van der Waals surface area (Å²) >= 11 is 0. The topological polar surface area (TPSA) is 35.0 Å². The molecule has 1 aromatic heterocycles. The Morgan fingerprint density at radius 2 is 0.897 bits per heavy atom. The van der Waals surface area contributed by atoms with Gasteiger partial charge in [0.1, 0.15) is 11.5 Å². The Labute approximate surface area is 336 Å². The number of rotatable bonds is 4. The van der Waals surface area contributed by atoms with Crippen LogP contribution in [0.5, 0.6) is 11.5 Å². The van der Waals surface area contributed by atoms with Crippen molar-refractivity contribution < 1.29 is 4.74 Å². The Kier molecular flexibility index (Phi) is 7.14. The van der Waals surface area contributed by atoms with Crippen LogP contribution in [-0.2, 0) is 5.41 Å². The maximum Gasteiger partial charge on any atom is 0.161 e. The third-order valence-corrected chi connectivity index (χ3v) is 12.2. The fraction of sp³-hybridized carbons (Fsp3) is 0.0182. The molecule has 2 heterocycles. The van der Waals surface area contributed by atoms with Gasteiger partial charge in [0.25, 0.3) is 0 Å². The predicted octanol–water partition coefficient (Wildman–Crippen LogP) is 13.9. The smallest absolute Gasteiger partial charge is 0.161 e. The van der Waals surface area contributed by atoms with Crippen molar-refractivity contribution in [3.05, 3.63) is 229 Å². The number of para-hydroxylation sites is 1. The van der Waals surface area contributed by atoms with Crippen molar-refractivity contribution in [1.29, 1.82) is 0 Å². The average Bonchev–Trinajstić information content (AvgIpc) is 3.59. The largest absolute Gasteiger partial charge is 0.457 e. The van der Waals surface area contributed by atoms with Crippen LogP contribution in [0.1, 0.15) is 22.3 Å². The van der Waals surface area contributed by atoms with Gasteiger partial charge in [0.2, 0.25) is 0 Å². The molecular weight excluding hydrogens is 705 g/mol. The maximum atomic E-state index is 6.89. The molecule has 58 heavy (non-hydrogen) atoms. The van der Waals surface area contributed by atoms with Gasteiger partial charge in [0.15, 0.2) is 5.82 Å². The van der Waals surface area contributed by atoms with Gasteiger partial charge in [-0.05, 0) is 79.2 Å². The van der Waals surface area contributed by atoms with Crippen LogP contribution in [0.4, 0.5) is 0 Å². The second kappa shape index (κ2) is 12.7. The van der Waals surface area contributed by atoms with E-state index in [2.05, 4.69) is 200 Å². The molecule has 3 heteroatoms. The van der Waals surface area contributed by atoms with Crippen molar-refractivity contribution >= 4 is 21.5 Å². The van der Waals surface area contributed by atoms with Gasteiger partial charge in [-0.25, -0.2) is 9.97 Å². The van der Waals surface area contributed by atoms with E-state index in [1.807, 2.05) is 6.07 Å². The standard InChI is InChI=1S/C55H34N2O/c1-2-15-36(16-3-1)50-34-51(39-28-30-42-37(32-39)27-26-35-14-4-5-17-40(35)42)57-54(56-50)45-21-7-6-18-41(45)38-29-31-49-53(33-38)58-52-25-13-12-24-48(52)55(49)46-22-10-8-19-43(46)44-20-9-11-23-47(44)55/h1-34H. The van der Waals surface area contributed by atoms with E-state index in [-0.39, 0.29) is 0 Å². The summed E-state index contributed by atoms with van der Waals surface area (Å²) in [5.41, 5.74) is 13.7. The van der Waals surface area contributed by atoms with E-state index in [4.69, 9.17) is 14.7 Å². The van der Waals surface area contributed by atoms with Gasteiger partial charge in [-0.2, -0.15) is 0 Å². The highest BCUT2D eigenvalue weighted by atomic mass is 16.5. The molecule has 0 saturated heterocycles. The molecule has 0 radical (unpaired) electrons. The molecule has 2 aliphatic rings. The van der Waals surface area contributed by atoms with Crippen LogP contribution in [0.25, 0.3) is 77.7 Å². The van der Waals surface area contributed by atoms with Crippen LogP contribution in [0.3, 0.4) is 0 Å². The summed E-state index contributed by atoms with van der Waals surface area (Å²) in [6.07, 6.45) is 0. The number of benzene rings is 9. The van der Waals surface area contributed by atoms with Crippen LogP contribution in [-0.4, -0.2) is 9.97 Å². The normalized spacial score (nSPS) is 13.1. The zero-order chi connectivity index (χ0) is 38.2. The number of fused-ring (bicyclic) bond motifs is 12. The zero-order valence-corrected chi connectivity index (χ0v) is 31.4. The lowest BCUT2D eigenvalue weighted by Crippen LogP contribution is -2.32. The Balaban J connectivity index is 1.03. The van der Waals surface area contributed by atoms with E-state index in [1.54, 1.807) is 0 Å². The molecule has 270 valence electrons. The van der Waals surface area contributed by atoms with Gasteiger partial charge in [-0.15, -0.1) is 0 Å². The first-order valence-electron chi connectivity index (χ1n) is 19.8. The van der Waals surface area contributed by atoms with E-state index in [9.17, 15) is 0 Å². The molecule has 10 aromatic rings. The van der Waals surface area contributed by atoms with Crippen molar-refractivity contribution in [3.63, 3.8) is 0 Å². The van der Waals surface area contributed by atoms with Gasteiger partial charge >= 0.3 is 0 Å². The lowest BCUT2D eigenvalue weighted by molar-refractivity contribution is 0.436. The molecule has 0 saturated carbocycles. The van der Waals surface area contributed by atoms with Crippen LogP contribution in [0.2, 0.25) is 0 Å². The summed E-state index contributed by atoms with van der Waals surface area (Å²) in [5.74, 6) is 2.39. The minimum absolute atomic E-state index is 0.510. The Hall–Kier alpha value is -7.62. The highest BCUT2D eigenvalue weighted by Crippen LogP contribution is 2.62. The fourth-order valence-corrected chi connectivity index (χ4v) is 9.60. The predicted molar refractivity (Wildman–Crippen MR) is 236 cm³/mol. The molecule has 0 N–H and O–H groups in total. The first kappa shape index (κ1) is 32.6.